The Balaban J connectivity index is 1.34. The van der Waals surface area contributed by atoms with Gasteiger partial charge in [-0.15, -0.1) is 0 Å². The maximum Gasteiger partial charge on any atom is 0.227 e. The number of hydrogen-bond acceptors (Lipinski definition) is 5. The van der Waals surface area contributed by atoms with E-state index in [1.54, 1.807) is 23.2 Å². The SMILES string of the molecule is O=C1CCN(C(=O)Cc2cccc(F)c2)CCCC(C(=O)N2CCN(c3ccccn3)CC2)CCN1. The number of aromatic nitrogens is 1. The molecule has 0 saturated carbocycles. The minimum absolute atomic E-state index is 0.0856. The Morgan fingerprint density at radius 1 is 0.972 bits per heavy atom. The third-order valence-electron chi connectivity index (χ3n) is 6.92. The quantitative estimate of drug-likeness (QED) is 0.703. The Kier molecular flexibility index (Phi) is 8.86. The Morgan fingerprint density at radius 2 is 1.81 bits per heavy atom. The van der Waals surface area contributed by atoms with Crippen molar-refractivity contribution < 1.29 is 18.8 Å². The highest BCUT2D eigenvalue weighted by Crippen LogP contribution is 2.20. The Bertz CT molecular complexity index is 1040. The van der Waals surface area contributed by atoms with E-state index in [0.717, 1.165) is 18.9 Å². The summed E-state index contributed by atoms with van der Waals surface area (Å²) >= 11 is 0. The maximum absolute atomic E-state index is 13.5. The molecule has 192 valence electrons. The van der Waals surface area contributed by atoms with Crippen LogP contribution in [0.1, 0.15) is 31.2 Å². The smallest absolute Gasteiger partial charge is 0.227 e. The molecule has 9 heteroatoms. The van der Waals surface area contributed by atoms with Crippen molar-refractivity contribution in [1.82, 2.24) is 20.1 Å². The van der Waals surface area contributed by atoms with Crippen LogP contribution in [0, 0.1) is 11.7 Å². The van der Waals surface area contributed by atoms with Gasteiger partial charge in [-0.05, 0) is 49.1 Å². The van der Waals surface area contributed by atoms with E-state index < -0.39 is 0 Å². The third-order valence-corrected chi connectivity index (χ3v) is 6.92. The summed E-state index contributed by atoms with van der Waals surface area (Å²) in [5, 5.41) is 2.90. The Morgan fingerprint density at radius 3 is 2.56 bits per heavy atom. The maximum atomic E-state index is 13.5. The monoisotopic (exact) mass is 495 g/mol. The summed E-state index contributed by atoms with van der Waals surface area (Å²) in [6.07, 6.45) is 3.98. The lowest BCUT2D eigenvalue weighted by atomic mass is 9.96. The van der Waals surface area contributed by atoms with E-state index in [1.165, 1.54) is 12.1 Å². The number of nitrogens with one attached hydrogen (secondary N) is 1. The molecule has 2 aliphatic heterocycles. The van der Waals surface area contributed by atoms with E-state index >= 15 is 0 Å². The van der Waals surface area contributed by atoms with Crippen molar-refractivity contribution >= 4 is 23.5 Å². The molecule has 0 aliphatic carbocycles. The molecule has 36 heavy (non-hydrogen) atoms. The van der Waals surface area contributed by atoms with Crippen LogP contribution in [-0.4, -0.2) is 78.3 Å². The van der Waals surface area contributed by atoms with Gasteiger partial charge in [0.2, 0.25) is 17.7 Å². The lowest BCUT2D eigenvalue weighted by Crippen LogP contribution is -2.51. The van der Waals surface area contributed by atoms with Gasteiger partial charge in [-0.1, -0.05) is 18.2 Å². The minimum atomic E-state index is -0.376. The van der Waals surface area contributed by atoms with Crippen LogP contribution < -0.4 is 10.2 Å². The Labute approximate surface area is 211 Å². The molecule has 0 bridgehead atoms. The number of halogens is 1. The summed E-state index contributed by atoms with van der Waals surface area (Å²) < 4.78 is 13.5. The fraction of sp³-hybridized carbons (Fsp3) is 0.481. The van der Waals surface area contributed by atoms with Crippen LogP contribution in [0.4, 0.5) is 10.2 Å². The van der Waals surface area contributed by atoms with Gasteiger partial charge in [0.05, 0.1) is 6.42 Å². The van der Waals surface area contributed by atoms with Gasteiger partial charge in [0, 0.05) is 64.3 Å². The number of amides is 3. The second-order valence-electron chi connectivity index (χ2n) is 9.42. The van der Waals surface area contributed by atoms with Crippen LogP contribution in [0.25, 0.3) is 0 Å². The summed E-state index contributed by atoms with van der Waals surface area (Å²) in [7, 11) is 0. The van der Waals surface area contributed by atoms with Crippen molar-refractivity contribution in [2.75, 3.05) is 50.7 Å². The fourth-order valence-electron chi connectivity index (χ4n) is 4.88. The van der Waals surface area contributed by atoms with E-state index in [9.17, 15) is 18.8 Å². The summed E-state index contributed by atoms with van der Waals surface area (Å²) in [5.74, 6) is 0.188. The largest absolute Gasteiger partial charge is 0.356 e. The van der Waals surface area contributed by atoms with Crippen LogP contribution in [0.15, 0.2) is 48.7 Å². The lowest BCUT2D eigenvalue weighted by Gasteiger charge is -2.37. The molecular weight excluding hydrogens is 461 g/mol. The molecule has 2 fully saturated rings. The zero-order valence-electron chi connectivity index (χ0n) is 20.6. The summed E-state index contributed by atoms with van der Waals surface area (Å²) in [6, 6.07) is 11.8. The number of piperazine rings is 1. The number of benzene rings is 1. The number of carbonyl (C=O) groups excluding carboxylic acids is 3. The van der Waals surface area contributed by atoms with Gasteiger partial charge >= 0.3 is 0 Å². The second kappa shape index (κ2) is 12.5. The van der Waals surface area contributed by atoms with Crippen LogP contribution >= 0.6 is 0 Å². The normalized spacial score (nSPS) is 19.9. The highest BCUT2D eigenvalue weighted by atomic mass is 19.1. The van der Waals surface area contributed by atoms with Crippen molar-refractivity contribution in [2.24, 2.45) is 5.92 Å². The van der Waals surface area contributed by atoms with Crippen LogP contribution in [-0.2, 0) is 20.8 Å². The van der Waals surface area contributed by atoms with E-state index in [1.807, 2.05) is 23.1 Å². The van der Waals surface area contributed by atoms with Gasteiger partial charge in [0.1, 0.15) is 11.6 Å². The van der Waals surface area contributed by atoms with Crippen molar-refractivity contribution in [3.63, 3.8) is 0 Å². The number of anilines is 1. The summed E-state index contributed by atoms with van der Waals surface area (Å²) in [6.45, 7) is 3.96. The first-order chi connectivity index (χ1) is 17.5. The molecule has 4 rings (SSSR count). The van der Waals surface area contributed by atoms with E-state index in [2.05, 4.69) is 15.2 Å². The Hall–Kier alpha value is -3.49. The molecule has 0 spiro atoms. The second-order valence-corrected chi connectivity index (χ2v) is 9.42. The van der Waals surface area contributed by atoms with Gasteiger partial charge < -0.3 is 20.0 Å². The molecule has 3 heterocycles. The van der Waals surface area contributed by atoms with Crippen LogP contribution in [0.2, 0.25) is 0 Å². The first kappa shape index (κ1) is 25.6. The predicted octanol–water partition coefficient (Wildman–Crippen LogP) is 2.25. The average molecular weight is 496 g/mol. The molecule has 1 atom stereocenters. The van der Waals surface area contributed by atoms with Crippen LogP contribution in [0.3, 0.4) is 0 Å². The number of nitrogens with zero attached hydrogens (tertiary/aromatic N) is 4. The molecular formula is C27H34FN5O3. The predicted molar refractivity (Wildman–Crippen MR) is 135 cm³/mol. The zero-order chi connectivity index (χ0) is 25.3. The first-order valence-electron chi connectivity index (χ1n) is 12.7. The van der Waals surface area contributed by atoms with Gasteiger partial charge in [0.25, 0.3) is 0 Å². The molecule has 0 radical (unpaired) electrons. The van der Waals surface area contributed by atoms with Crippen molar-refractivity contribution in [1.29, 1.82) is 0 Å². The van der Waals surface area contributed by atoms with Crippen molar-refractivity contribution in [3.8, 4) is 0 Å². The number of hydrogen-bond donors (Lipinski definition) is 1. The standard InChI is InChI=1S/C27H34FN5O3/c28-23-7-3-5-21(19-23)20-26(35)32-13-4-6-22(9-12-30-25(34)10-14-32)27(36)33-17-15-31(16-18-33)24-8-1-2-11-29-24/h1-3,5,7-8,11,19,22H,4,6,9-10,12-18,20H2,(H,30,34). The van der Waals surface area contributed by atoms with Gasteiger partial charge in [-0.25, -0.2) is 9.37 Å². The fourth-order valence-corrected chi connectivity index (χ4v) is 4.88. The third kappa shape index (κ3) is 7.02. The number of carbonyl (C=O) groups is 3. The van der Waals surface area contributed by atoms with Gasteiger partial charge in [-0.2, -0.15) is 0 Å². The van der Waals surface area contributed by atoms with E-state index in [-0.39, 0.29) is 42.3 Å². The average Bonchev–Trinajstić information content (AvgIpc) is 2.93. The topological polar surface area (TPSA) is 85.9 Å². The number of pyridine rings is 1. The molecule has 2 aromatic rings. The highest BCUT2D eigenvalue weighted by molar-refractivity contribution is 5.81. The summed E-state index contributed by atoms with van der Waals surface area (Å²) in [4.78, 5) is 48.8. The molecule has 8 nitrogen and oxygen atoms in total. The van der Waals surface area contributed by atoms with Crippen LogP contribution in [0.5, 0.6) is 0 Å². The van der Waals surface area contributed by atoms with Gasteiger partial charge in [-0.3, -0.25) is 14.4 Å². The number of rotatable bonds is 4. The van der Waals surface area contributed by atoms with Crippen molar-refractivity contribution in [2.45, 2.75) is 32.1 Å². The molecule has 1 N–H and O–H groups in total. The molecule has 2 aliphatic rings. The molecule has 1 aromatic heterocycles. The molecule has 1 aromatic carbocycles. The molecule has 2 saturated heterocycles. The van der Waals surface area contributed by atoms with Crippen molar-refractivity contribution in [3.05, 3.63) is 60.0 Å². The summed E-state index contributed by atoms with van der Waals surface area (Å²) in [5.41, 5.74) is 0.608. The highest BCUT2D eigenvalue weighted by Gasteiger charge is 2.28. The lowest BCUT2D eigenvalue weighted by molar-refractivity contribution is -0.136. The van der Waals surface area contributed by atoms with E-state index in [0.29, 0.717) is 57.5 Å². The molecule has 1 unspecified atom stereocenters. The minimum Gasteiger partial charge on any atom is -0.356 e. The van der Waals surface area contributed by atoms with E-state index in [4.69, 9.17) is 0 Å². The first-order valence-corrected chi connectivity index (χ1v) is 12.7. The molecule has 3 amide bonds. The van der Waals surface area contributed by atoms with Gasteiger partial charge in [0.15, 0.2) is 0 Å². The zero-order valence-corrected chi connectivity index (χ0v) is 20.6.